The van der Waals surface area contributed by atoms with Gasteiger partial charge in [-0.25, -0.2) is 9.97 Å². The number of nitrogens with zero attached hydrogens (tertiary/aromatic N) is 9. The molecule has 7 heterocycles. The highest BCUT2D eigenvalue weighted by atomic mass is 16.3. The molecule has 0 spiro atoms. The van der Waals surface area contributed by atoms with Crippen molar-refractivity contribution in [3.8, 4) is 11.3 Å². The van der Waals surface area contributed by atoms with Crippen LogP contribution in [0.2, 0.25) is 0 Å². The SMILES string of the molecule is C=CC(=O)Nc1cc(Nc2nc(-c3ccnc(N4CCn5c(cc6c5CC(C)(C)C6)C4=O)c3CO)cn(C)c2=O)ccc1N1CCN(C2CCN(c3ccnc(C4CCC(C)(O)CC4)c3)CC2)CC1C. The van der Waals surface area contributed by atoms with Crippen molar-refractivity contribution < 1.29 is 19.8 Å². The minimum atomic E-state index is -0.561. The summed E-state index contributed by atoms with van der Waals surface area (Å²) < 4.78 is 3.59. The van der Waals surface area contributed by atoms with Gasteiger partial charge >= 0.3 is 0 Å². The fourth-order valence-corrected chi connectivity index (χ4v) is 11.9. The lowest BCUT2D eigenvalue weighted by molar-refractivity contribution is -0.111. The molecule has 10 rings (SSSR count). The average Bonchev–Trinajstić information content (AvgIpc) is 3.85. The van der Waals surface area contributed by atoms with Crippen LogP contribution in [0.4, 0.5) is 34.4 Å². The van der Waals surface area contributed by atoms with Gasteiger partial charge < -0.3 is 39.8 Å². The Morgan fingerprint density at radius 1 is 0.929 bits per heavy atom. The largest absolute Gasteiger partial charge is 0.392 e. The third-order valence-corrected chi connectivity index (χ3v) is 15.7. The number of piperidine rings is 1. The van der Waals surface area contributed by atoms with Gasteiger partial charge in [0.1, 0.15) is 11.5 Å². The Labute approximate surface area is 410 Å². The van der Waals surface area contributed by atoms with Crippen LogP contribution < -0.4 is 30.9 Å². The van der Waals surface area contributed by atoms with Crippen LogP contribution in [0.15, 0.2) is 78.5 Å². The van der Waals surface area contributed by atoms with E-state index in [1.165, 1.54) is 27.6 Å². The molecule has 5 aromatic rings. The van der Waals surface area contributed by atoms with Crippen molar-refractivity contribution >= 4 is 46.2 Å². The molecule has 70 heavy (non-hydrogen) atoms. The first-order chi connectivity index (χ1) is 33.6. The number of pyridine rings is 2. The summed E-state index contributed by atoms with van der Waals surface area (Å²) in [6, 6.07) is 14.5. The fraction of sp³-hybridized carbons (Fsp3) is 0.481. The average molecular weight is 950 g/mol. The number of aryl methyl sites for hydroxylation is 1. The van der Waals surface area contributed by atoms with Gasteiger partial charge in [0.05, 0.1) is 29.3 Å². The number of aliphatic hydroxyl groups excluding tert-OH is 1. The Balaban J connectivity index is 0.829. The van der Waals surface area contributed by atoms with E-state index in [0.29, 0.717) is 64.8 Å². The van der Waals surface area contributed by atoms with Gasteiger partial charge in [0, 0.05) is 123 Å². The van der Waals surface area contributed by atoms with Gasteiger partial charge in [-0.05, 0) is 125 Å². The number of anilines is 6. The van der Waals surface area contributed by atoms with Gasteiger partial charge in [0.15, 0.2) is 5.82 Å². The molecule has 4 N–H and O–H groups in total. The maximum Gasteiger partial charge on any atom is 0.293 e. The van der Waals surface area contributed by atoms with Gasteiger partial charge in [-0.3, -0.25) is 29.2 Å². The minimum absolute atomic E-state index is 0.0529. The molecule has 2 aliphatic carbocycles. The number of aliphatic hydroxyl groups is 2. The number of benzene rings is 1. The number of fused-ring (bicyclic) bond motifs is 3. The van der Waals surface area contributed by atoms with Crippen LogP contribution in [0.25, 0.3) is 11.3 Å². The van der Waals surface area contributed by atoms with E-state index < -0.39 is 12.2 Å². The summed E-state index contributed by atoms with van der Waals surface area (Å²) in [5, 5.41) is 27.6. The van der Waals surface area contributed by atoms with Crippen LogP contribution in [-0.2, 0) is 37.8 Å². The maximum absolute atomic E-state index is 14.1. The number of carbonyl (C=O) groups excluding carboxylic acids is 2. The fourth-order valence-electron chi connectivity index (χ4n) is 11.9. The van der Waals surface area contributed by atoms with Crippen molar-refractivity contribution in [2.45, 2.75) is 116 Å². The van der Waals surface area contributed by atoms with Gasteiger partial charge in [-0.1, -0.05) is 20.4 Å². The molecule has 1 unspecified atom stereocenters. The molecular formula is C54H67N11O5. The van der Waals surface area contributed by atoms with Crippen molar-refractivity contribution in [3.63, 3.8) is 0 Å². The first-order valence-corrected chi connectivity index (χ1v) is 25.1. The Morgan fingerprint density at radius 3 is 2.44 bits per heavy atom. The molecule has 5 aliphatic rings. The number of nitrogens with one attached hydrogen (secondary N) is 2. The molecule has 16 heteroatoms. The van der Waals surface area contributed by atoms with Crippen molar-refractivity contribution in [2.75, 3.05) is 64.6 Å². The van der Waals surface area contributed by atoms with E-state index in [2.05, 4.69) is 74.4 Å². The van der Waals surface area contributed by atoms with Crippen LogP contribution in [-0.4, -0.2) is 108 Å². The van der Waals surface area contributed by atoms with E-state index in [9.17, 15) is 24.6 Å². The molecule has 3 fully saturated rings. The summed E-state index contributed by atoms with van der Waals surface area (Å²) in [5.41, 5.74) is 8.11. The Morgan fingerprint density at radius 2 is 1.70 bits per heavy atom. The number of piperazine rings is 1. The van der Waals surface area contributed by atoms with Crippen LogP contribution in [0.3, 0.4) is 0 Å². The first kappa shape index (κ1) is 47.3. The van der Waals surface area contributed by atoms with E-state index in [1.54, 1.807) is 30.4 Å². The van der Waals surface area contributed by atoms with E-state index >= 15 is 0 Å². The van der Waals surface area contributed by atoms with Crippen molar-refractivity contribution in [1.82, 2.24) is 29.0 Å². The van der Waals surface area contributed by atoms with E-state index in [0.717, 1.165) is 95.5 Å². The summed E-state index contributed by atoms with van der Waals surface area (Å²) in [4.78, 5) is 64.0. The standard InChI is InChI=1S/C54H67N11O5/c1-7-48(67)58-43-27-37(8-9-45(43)63-23-22-62(31-34(63)2)38-14-20-61(21-15-38)39-12-18-55-42(28-39)35-10-16-54(5,70)17-11-35)57-49-52(69)60(6)32-44(59-49)40-13-19-56-50(41(40)33-66)65-25-24-64-46(51(65)68)26-36-29-53(3,4)30-47(36)64/h7-9,12-13,18-19,26-28,32,34-35,38,66,70H,1,10-11,14-17,20-25,29-31,33H2,2-6H3,(H,57,59)(H,58,67). The van der Waals surface area contributed by atoms with Crippen molar-refractivity contribution in [1.29, 1.82) is 0 Å². The maximum atomic E-state index is 14.1. The first-order valence-electron chi connectivity index (χ1n) is 25.1. The van der Waals surface area contributed by atoms with Gasteiger partial charge in [-0.15, -0.1) is 0 Å². The van der Waals surface area contributed by atoms with E-state index in [4.69, 9.17) is 9.97 Å². The van der Waals surface area contributed by atoms with Crippen LogP contribution >= 0.6 is 0 Å². The number of amides is 2. The minimum Gasteiger partial charge on any atom is -0.392 e. The van der Waals surface area contributed by atoms with Crippen LogP contribution in [0, 0.1) is 5.41 Å². The lowest BCUT2D eigenvalue weighted by Gasteiger charge is -2.47. The quantitative estimate of drug-likeness (QED) is 0.102. The highest BCUT2D eigenvalue weighted by Crippen LogP contribution is 2.41. The number of aromatic nitrogens is 5. The Bertz CT molecular complexity index is 2890. The monoisotopic (exact) mass is 950 g/mol. The number of rotatable bonds is 11. The molecule has 0 bridgehead atoms. The molecule has 368 valence electrons. The zero-order valence-electron chi connectivity index (χ0n) is 41.2. The molecule has 1 atom stereocenters. The van der Waals surface area contributed by atoms with Crippen molar-refractivity contribution in [2.24, 2.45) is 12.5 Å². The molecule has 4 aromatic heterocycles. The second-order valence-electron chi connectivity index (χ2n) is 21.4. The topological polar surface area (TPSA) is 177 Å². The van der Waals surface area contributed by atoms with E-state index in [-0.39, 0.29) is 34.6 Å². The lowest BCUT2D eigenvalue weighted by atomic mass is 9.78. The molecule has 3 aliphatic heterocycles. The summed E-state index contributed by atoms with van der Waals surface area (Å²) in [7, 11) is 1.65. The second kappa shape index (κ2) is 18.8. The number of hydrogen-bond acceptors (Lipinski definition) is 12. The number of hydrogen-bond donors (Lipinski definition) is 4. The normalized spacial score (nSPS) is 22.7. The van der Waals surface area contributed by atoms with Gasteiger partial charge in [0.25, 0.3) is 11.5 Å². The molecule has 2 saturated heterocycles. The third kappa shape index (κ3) is 9.24. The number of carbonyl (C=O) groups is 2. The van der Waals surface area contributed by atoms with Gasteiger partial charge in [0.2, 0.25) is 5.91 Å². The zero-order valence-corrected chi connectivity index (χ0v) is 41.2. The molecular weight excluding hydrogens is 883 g/mol. The highest BCUT2D eigenvalue weighted by molar-refractivity contribution is 6.06. The lowest BCUT2D eigenvalue weighted by Crippen LogP contribution is -2.57. The molecule has 2 amide bonds. The van der Waals surface area contributed by atoms with Crippen LogP contribution in [0.5, 0.6) is 0 Å². The van der Waals surface area contributed by atoms with Crippen LogP contribution in [0.1, 0.15) is 105 Å². The summed E-state index contributed by atoms with van der Waals surface area (Å²) in [5.74, 6) is 0.309. The summed E-state index contributed by atoms with van der Waals surface area (Å²) in [6.45, 7) is 17.5. The molecule has 1 aromatic carbocycles. The summed E-state index contributed by atoms with van der Waals surface area (Å²) in [6.07, 6.45) is 14.0. The Hall–Kier alpha value is -6.36. The van der Waals surface area contributed by atoms with Crippen molar-refractivity contribution in [3.05, 3.63) is 112 Å². The molecule has 16 nitrogen and oxygen atoms in total. The smallest absolute Gasteiger partial charge is 0.293 e. The zero-order chi connectivity index (χ0) is 49.1. The summed E-state index contributed by atoms with van der Waals surface area (Å²) >= 11 is 0. The highest BCUT2D eigenvalue weighted by Gasteiger charge is 2.38. The Kier molecular flexibility index (Phi) is 12.7. The van der Waals surface area contributed by atoms with Gasteiger partial charge in [-0.2, -0.15) is 0 Å². The predicted octanol–water partition coefficient (Wildman–Crippen LogP) is 6.77. The molecule has 0 radical (unpaired) electrons. The predicted molar refractivity (Wildman–Crippen MR) is 274 cm³/mol. The second-order valence-corrected chi connectivity index (χ2v) is 21.4. The van der Waals surface area contributed by atoms with E-state index in [1.807, 2.05) is 37.4 Å². The molecule has 1 saturated carbocycles. The third-order valence-electron chi connectivity index (χ3n) is 15.7.